The molecule has 0 bridgehead atoms. The van der Waals surface area contributed by atoms with Crippen molar-refractivity contribution in [1.82, 2.24) is 15.0 Å². The minimum atomic E-state index is -0.742. The number of nitrogens with zero attached hydrogens (tertiary/aromatic N) is 3. The Balaban J connectivity index is 1.27. The number of benzene rings is 2. The Morgan fingerprint density at radius 2 is 1.91 bits per heavy atom. The summed E-state index contributed by atoms with van der Waals surface area (Å²) in [4.78, 5) is 43.0. The molecule has 0 saturated heterocycles. The second kappa shape index (κ2) is 8.39. The largest absolute Gasteiger partial charge is 0.467 e. The molecule has 2 amide bonds. The van der Waals surface area contributed by atoms with E-state index in [1.165, 1.54) is 30.5 Å². The number of hydrogen-bond acceptors (Lipinski definition) is 8. The Kier molecular flexibility index (Phi) is 5.25. The van der Waals surface area contributed by atoms with Gasteiger partial charge in [0.1, 0.15) is 11.6 Å². The molecule has 10 heteroatoms. The van der Waals surface area contributed by atoms with Gasteiger partial charge in [0.2, 0.25) is 5.82 Å². The summed E-state index contributed by atoms with van der Waals surface area (Å²) < 4.78 is 29.3. The number of halogens is 1. The second-order valence-electron chi connectivity index (χ2n) is 7.59. The van der Waals surface area contributed by atoms with E-state index in [0.717, 1.165) is 4.90 Å². The molecule has 0 N–H and O–H groups in total. The van der Waals surface area contributed by atoms with E-state index in [1.807, 2.05) is 0 Å². The van der Waals surface area contributed by atoms with Crippen molar-refractivity contribution in [2.45, 2.75) is 20.1 Å². The zero-order valence-corrected chi connectivity index (χ0v) is 17.8. The van der Waals surface area contributed by atoms with Gasteiger partial charge in [-0.2, -0.15) is 4.98 Å². The molecule has 0 saturated carbocycles. The van der Waals surface area contributed by atoms with Crippen LogP contribution in [-0.2, 0) is 17.9 Å². The summed E-state index contributed by atoms with van der Waals surface area (Å²) in [6.07, 6.45) is 1.45. The molecule has 0 radical (unpaired) electrons. The topological polar surface area (TPSA) is 116 Å². The SMILES string of the molecule is Cc1ccc(-c2noc(COC(=O)c3ccc4c(c3)C(=O)N(Cc3ccco3)C4=O)n2)cc1F. The van der Waals surface area contributed by atoms with Gasteiger partial charge in [0.05, 0.1) is 29.5 Å². The van der Waals surface area contributed by atoms with Crippen LogP contribution in [0.3, 0.4) is 0 Å². The number of hydrogen-bond donors (Lipinski definition) is 0. The fourth-order valence-corrected chi connectivity index (χ4v) is 3.49. The Labute approximate surface area is 191 Å². The minimum Gasteiger partial charge on any atom is -0.467 e. The summed E-state index contributed by atoms with van der Waals surface area (Å²) in [5, 5.41) is 3.77. The summed E-state index contributed by atoms with van der Waals surface area (Å²) in [6, 6.07) is 12.0. The maximum absolute atomic E-state index is 13.8. The van der Waals surface area contributed by atoms with Gasteiger partial charge in [-0.1, -0.05) is 17.3 Å². The number of carbonyl (C=O) groups excluding carboxylic acids is 3. The summed E-state index contributed by atoms with van der Waals surface area (Å²) in [6.45, 7) is 1.30. The monoisotopic (exact) mass is 461 g/mol. The first-order valence-corrected chi connectivity index (χ1v) is 10.2. The molecule has 0 fully saturated rings. The predicted molar refractivity (Wildman–Crippen MR) is 113 cm³/mol. The number of amides is 2. The average Bonchev–Trinajstić information content (AvgIpc) is 3.57. The van der Waals surface area contributed by atoms with Gasteiger partial charge in [-0.25, -0.2) is 9.18 Å². The Hall–Kier alpha value is -4.60. The molecule has 0 unspecified atom stereocenters. The van der Waals surface area contributed by atoms with Crippen molar-refractivity contribution in [3.8, 4) is 11.4 Å². The lowest BCUT2D eigenvalue weighted by molar-refractivity contribution is 0.0429. The maximum Gasteiger partial charge on any atom is 0.338 e. The van der Waals surface area contributed by atoms with Crippen LogP contribution in [0.5, 0.6) is 0 Å². The van der Waals surface area contributed by atoms with E-state index >= 15 is 0 Å². The predicted octanol–water partition coefficient (Wildman–Crippen LogP) is 3.93. The smallest absolute Gasteiger partial charge is 0.338 e. The minimum absolute atomic E-state index is 0.0104. The van der Waals surface area contributed by atoms with E-state index < -0.39 is 23.6 Å². The first-order valence-electron chi connectivity index (χ1n) is 10.2. The normalized spacial score (nSPS) is 12.8. The van der Waals surface area contributed by atoms with Crippen molar-refractivity contribution in [2.24, 2.45) is 0 Å². The van der Waals surface area contributed by atoms with Crippen LogP contribution in [0.1, 0.15) is 48.3 Å². The van der Waals surface area contributed by atoms with Crippen molar-refractivity contribution >= 4 is 17.8 Å². The molecule has 5 rings (SSSR count). The molecule has 0 spiro atoms. The number of aryl methyl sites for hydroxylation is 1. The summed E-state index contributed by atoms with van der Waals surface area (Å²) >= 11 is 0. The number of fused-ring (bicyclic) bond motifs is 1. The second-order valence-corrected chi connectivity index (χ2v) is 7.59. The highest BCUT2D eigenvalue weighted by molar-refractivity contribution is 6.21. The van der Waals surface area contributed by atoms with Crippen molar-refractivity contribution in [3.63, 3.8) is 0 Å². The summed E-state index contributed by atoms with van der Waals surface area (Å²) in [5.41, 5.74) is 1.29. The standard InChI is InChI=1S/C24H16FN3O6/c1-13-4-5-14(10-19(13)25)21-26-20(34-27-21)12-33-24(31)15-6-7-17-18(9-15)23(30)28(22(17)29)11-16-3-2-8-32-16/h2-10H,11-12H2,1H3. The number of esters is 1. The van der Waals surface area contributed by atoms with Gasteiger partial charge in [-0.3, -0.25) is 14.5 Å². The quantitative estimate of drug-likeness (QED) is 0.313. The van der Waals surface area contributed by atoms with E-state index in [2.05, 4.69) is 10.1 Å². The third-order valence-corrected chi connectivity index (χ3v) is 5.33. The van der Waals surface area contributed by atoms with Crippen LogP contribution in [0, 0.1) is 12.7 Å². The highest BCUT2D eigenvalue weighted by Gasteiger charge is 2.36. The molecule has 34 heavy (non-hydrogen) atoms. The molecule has 2 aromatic carbocycles. The van der Waals surface area contributed by atoms with Crippen molar-refractivity contribution in [3.05, 3.63) is 94.5 Å². The number of carbonyl (C=O) groups is 3. The first-order chi connectivity index (χ1) is 16.4. The third-order valence-electron chi connectivity index (χ3n) is 5.33. The number of ether oxygens (including phenoxy) is 1. The summed E-state index contributed by atoms with van der Waals surface area (Å²) in [7, 11) is 0. The van der Waals surface area contributed by atoms with Gasteiger partial charge in [0, 0.05) is 5.56 Å². The molecule has 3 heterocycles. The van der Waals surface area contributed by atoms with Crippen LogP contribution in [-0.4, -0.2) is 32.8 Å². The number of aromatic nitrogens is 2. The fourth-order valence-electron chi connectivity index (χ4n) is 3.49. The van der Waals surface area contributed by atoms with Crippen molar-refractivity contribution < 1.29 is 32.5 Å². The molecule has 1 aliphatic rings. The van der Waals surface area contributed by atoms with Crippen molar-refractivity contribution in [2.75, 3.05) is 0 Å². The van der Waals surface area contributed by atoms with E-state index in [9.17, 15) is 18.8 Å². The van der Waals surface area contributed by atoms with Crippen molar-refractivity contribution in [1.29, 1.82) is 0 Å². The van der Waals surface area contributed by atoms with Gasteiger partial charge in [0.25, 0.3) is 17.7 Å². The fraction of sp³-hybridized carbons (Fsp3) is 0.125. The van der Waals surface area contributed by atoms with Crippen LogP contribution < -0.4 is 0 Å². The maximum atomic E-state index is 13.8. The zero-order valence-electron chi connectivity index (χ0n) is 17.8. The Bertz CT molecular complexity index is 1430. The molecule has 0 aliphatic carbocycles. The van der Waals surface area contributed by atoms with E-state index in [1.54, 1.807) is 31.2 Å². The van der Waals surface area contributed by atoms with Crippen LogP contribution in [0.25, 0.3) is 11.4 Å². The molecule has 4 aromatic rings. The van der Waals surface area contributed by atoms with Gasteiger partial charge in [-0.15, -0.1) is 0 Å². The van der Waals surface area contributed by atoms with Gasteiger partial charge in [-0.05, 0) is 48.9 Å². The highest BCUT2D eigenvalue weighted by Crippen LogP contribution is 2.26. The Morgan fingerprint density at radius 3 is 2.68 bits per heavy atom. The zero-order chi connectivity index (χ0) is 23.8. The number of furan rings is 1. The molecule has 0 atom stereocenters. The lowest BCUT2D eigenvalue weighted by Crippen LogP contribution is -2.28. The van der Waals surface area contributed by atoms with Gasteiger partial charge in [0.15, 0.2) is 6.61 Å². The average molecular weight is 461 g/mol. The molecular formula is C24H16FN3O6. The number of imide groups is 1. The van der Waals surface area contributed by atoms with Crippen LogP contribution in [0.2, 0.25) is 0 Å². The third kappa shape index (κ3) is 3.85. The highest BCUT2D eigenvalue weighted by atomic mass is 19.1. The molecule has 170 valence electrons. The first kappa shape index (κ1) is 21.3. The van der Waals surface area contributed by atoms with Crippen LogP contribution in [0.15, 0.2) is 63.7 Å². The lowest BCUT2D eigenvalue weighted by atomic mass is 10.1. The van der Waals surface area contributed by atoms with E-state index in [4.69, 9.17) is 13.7 Å². The van der Waals surface area contributed by atoms with E-state index in [-0.39, 0.29) is 41.6 Å². The molecule has 2 aromatic heterocycles. The molecular weight excluding hydrogens is 445 g/mol. The number of rotatable bonds is 6. The van der Waals surface area contributed by atoms with Crippen LogP contribution >= 0.6 is 0 Å². The Morgan fingerprint density at radius 1 is 1.09 bits per heavy atom. The molecule has 1 aliphatic heterocycles. The van der Waals surface area contributed by atoms with Gasteiger partial charge >= 0.3 is 5.97 Å². The van der Waals surface area contributed by atoms with Crippen LogP contribution in [0.4, 0.5) is 4.39 Å². The van der Waals surface area contributed by atoms with E-state index in [0.29, 0.717) is 16.9 Å². The molecule has 9 nitrogen and oxygen atoms in total. The lowest BCUT2D eigenvalue weighted by Gasteiger charge is -2.11. The van der Waals surface area contributed by atoms with Gasteiger partial charge < -0.3 is 13.7 Å². The summed E-state index contributed by atoms with van der Waals surface area (Å²) in [5.74, 6) is -1.51.